The van der Waals surface area contributed by atoms with Gasteiger partial charge in [0.2, 0.25) is 0 Å². The van der Waals surface area contributed by atoms with Crippen molar-refractivity contribution in [2.24, 2.45) is 11.7 Å². The number of rotatable bonds is 2. The van der Waals surface area contributed by atoms with Crippen molar-refractivity contribution < 1.29 is 0 Å². The molecule has 1 aliphatic rings. The van der Waals surface area contributed by atoms with Crippen molar-refractivity contribution in [2.45, 2.75) is 33.2 Å². The topological polar surface area (TPSA) is 38.0 Å². The molecule has 2 nitrogen and oxygen atoms in total. The van der Waals surface area contributed by atoms with Crippen molar-refractivity contribution in [3.05, 3.63) is 54.1 Å². The molecule has 1 aromatic carbocycles. The normalized spacial score (nSPS) is 19.1. The van der Waals surface area contributed by atoms with E-state index in [1.807, 2.05) is 39.0 Å². The lowest BCUT2D eigenvalue weighted by molar-refractivity contribution is 0.563. The van der Waals surface area contributed by atoms with Gasteiger partial charge in [-0.3, -0.25) is 0 Å². The lowest BCUT2D eigenvalue weighted by Gasteiger charge is -2.34. The number of nitrogens with two attached hydrogens (primary N) is 1. The molecular weight excluding hydrogens is 244 g/mol. The van der Waals surface area contributed by atoms with Gasteiger partial charge >= 0.3 is 0 Å². The summed E-state index contributed by atoms with van der Waals surface area (Å²) in [6, 6.07) is 8.81. The Bertz CT molecular complexity index is 546. The average molecular weight is 268 g/mol. The zero-order valence-corrected chi connectivity index (χ0v) is 12.7. The van der Waals surface area contributed by atoms with Crippen LogP contribution in [0.4, 0.5) is 5.69 Å². The summed E-state index contributed by atoms with van der Waals surface area (Å²) in [5, 5.41) is 3.52. The maximum atomic E-state index is 5.32. The summed E-state index contributed by atoms with van der Waals surface area (Å²) in [6.07, 6.45) is 2.96. The van der Waals surface area contributed by atoms with Crippen molar-refractivity contribution in [3.8, 4) is 12.0 Å². The Kier molecular flexibility index (Phi) is 5.93. The lowest BCUT2D eigenvalue weighted by atomic mass is 9.83. The Morgan fingerprint density at radius 3 is 2.70 bits per heavy atom. The highest BCUT2D eigenvalue weighted by Crippen LogP contribution is 2.33. The number of anilines is 1. The fraction of sp³-hybridized carbons (Fsp3) is 0.333. The number of para-hydroxylation sites is 1. The van der Waals surface area contributed by atoms with E-state index < -0.39 is 0 Å². The summed E-state index contributed by atoms with van der Waals surface area (Å²) >= 11 is 0. The number of benzene rings is 1. The molecule has 0 saturated heterocycles. The first kappa shape index (κ1) is 15.9. The second kappa shape index (κ2) is 7.45. The highest BCUT2D eigenvalue weighted by molar-refractivity contribution is 5.66. The summed E-state index contributed by atoms with van der Waals surface area (Å²) in [4.78, 5) is 0. The van der Waals surface area contributed by atoms with Crippen LogP contribution >= 0.6 is 0 Å². The Morgan fingerprint density at radius 1 is 1.45 bits per heavy atom. The van der Waals surface area contributed by atoms with Crippen LogP contribution in [0.2, 0.25) is 0 Å². The number of nitrogens with one attached hydrogen (secondary N) is 1. The van der Waals surface area contributed by atoms with Gasteiger partial charge in [0, 0.05) is 17.5 Å². The van der Waals surface area contributed by atoms with E-state index in [1.165, 1.54) is 5.56 Å². The van der Waals surface area contributed by atoms with Gasteiger partial charge in [0.1, 0.15) is 0 Å². The van der Waals surface area contributed by atoms with E-state index in [1.54, 1.807) is 0 Å². The standard InChI is InChI=1S/C16H18N2.C2H6/c1-4-12-10-14-7-5-6-13(8-9-17)16(14)18-15(12)11(2)3;1-2/h4-7,12,15,18H,1-2,10,17H2,3H3;1-2H3. The highest BCUT2D eigenvalue weighted by atomic mass is 14.9. The van der Waals surface area contributed by atoms with Crippen LogP contribution in [-0.4, -0.2) is 6.04 Å². The van der Waals surface area contributed by atoms with Gasteiger partial charge in [0.05, 0.1) is 11.7 Å². The van der Waals surface area contributed by atoms with Crippen molar-refractivity contribution in [1.29, 1.82) is 0 Å². The number of fused-ring (bicyclic) bond motifs is 1. The molecule has 0 aromatic heterocycles. The van der Waals surface area contributed by atoms with Crippen LogP contribution in [0.3, 0.4) is 0 Å². The second-order valence-corrected chi connectivity index (χ2v) is 4.68. The zero-order valence-electron chi connectivity index (χ0n) is 12.7. The monoisotopic (exact) mass is 268 g/mol. The first-order valence-corrected chi connectivity index (χ1v) is 7.05. The molecule has 0 radical (unpaired) electrons. The molecular formula is C18H24N2. The third kappa shape index (κ3) is 3.24. The maximum Gasteiger partial charge on any atom is 0.0537 e. The summed E-state index contributed by atoms with van der Waals surface area (Å²) in [7, 11) is 0. The summed E-state index contributed by atoms with van der Waals surface area (Å²) in [5.74, 6) is 3.31. The van der Waals surface area contributed by atoms with E-state index in [-0.39, 0.29) is 6.04 Å². The molecule has 3 N–H and O–H groups in total. The lowest BCUT2D eigenvalue weighted by Crippen LogP contribution is -2.35. The van der Waals surface area contributed by atoms with Gasteiger partial charge in [-0.2, -0.15) is 0 Å². The van der Waals surface area contributed by atoms with Crippen molar-refractivity contribution in [3.63, 3.8) is 0 Å². The van der Waals surface area contributed by atoms with Crippen LogP contribution in [0.5, 0.6) is 0 Å². The SMILES string of the molecule is C=CC1Cc2cccc(C#CN)c2NC1C(=C)C.CC. The van der Waals surface area contributed by atoms with Crippen LogP contribution in [0, 0.1) is 17.9 Å². The van der Waals surface area contributed by atoms with Gasteiger partial charge in [0.25, 0.3) is 0 Å². The Hall–Kier alpha value is -2.14. The smallest absolute Gasteiger partial charge is 0.0537 e. The molecule has 0 spiro atoms. The third-order valence-corrected chi connectivity index (χ3v) is 3.37. The fourth-order valence-corrected chi connectivity index (χ4v) is 2.46. The minimum atomic E-state index is 0.218. The average Bonchev–Trinajstić information content (AvgIpc) is 2.48. The summed E-state index contributed by atoms with van der Waals surface area (Å²) in [6.45, 7) is 14.0. The van der Waals surface area contributed by atoms with E-state index in [4.69, 9.17) is 5.73 Å². The van der Waals surface area contributed by atoms with Crippen molar-refractivity contribution in [2.75, 3.05) is 5.32 Å². The molecule has 0 bridgehead atoms. The first-order chi connectivity index (χ1) is 9.67. The minimum Gasteiger partial charge on any atom is -0.377 e. The molecule has 2 atom stereocenters. The van der Waals surface area contributed by atoms with Crippen LogP contribution in [0.25, 0.3) is 0 Å². The Balaban J connectivity index is 0.000000956. The van der Waals surface area contributed by atoms with E-state index in [0.717, 1.165) is 23.2 Å². The molecule has 2 rings (SSSR count). The van der Waals surface area contributed by atoms with Crippen LogP contribution in [0.15, 0.2) is 43.0 Å². The third-order valence-electron chi connectivity index (χ3n) is 3.37. The van der Waals surface area contributed by atoms with Gasteiger partial charge in [-0.25, -0.2) is 0 Å². The predicted octanol–water partition coefficient (Wildman–Crippen LogP) is 3.70. The van der Waals surface area contributed by atoms with Gasteiger partial charge in [-0.05, 0) is 30.9 Å². The molecule has 106 valence electrons. The zero-order chi connectivity index (χ0) is 15.1. The van der Waals surface area contributed by atoms with Gasteiger partial charge < -0.3 is 11.1 Å². The minimum absolute atomic E-state index is 0.218. The second-order valence-electron chi connectivity index (χ2n) is 4.68. The molecule has 0 saturated carbocycles. The summed E-state index contributed by atoms with van der Waals surface area (Å²) in [5.41, 5.74) is 9.73. The van der Waals surface area contributed by atoms with Gasteiger partial charge in [0.15, 0.2) is 0 Å². The molecule has 0 amide bonds. The Labute approximate surface area is 122 Å². The van der Waals surface area contributed by atoms with E-state index in [9.17, 15) is 0 Å². The molecule has 1 heterocycles. The molecule has 2 heteroatoms. The first-order valence-electron chi connectivity index (χ1n) is 7.05. The molecule has 1 aromatic rings. The van der Waals surface area contributed by atoms with Crippen molar-refractivity contribution >= 4 is 5.69 Å². The summed E-state index contributed by atoms with van der Waals surface area (Å²) < 4.78 is 0. The molecule has 0 aliphatic carbocycles. The van der Waals surface area contributed by atoms with E-state index in [0.29, 0.717) is 5.92 Å². The largest absolute Gasteiger partial charge is 0.377 e. The van der Waals surface area contributed by atoms with Crippen molar-refractivity contribution in [1.82, 2.24) is 0 Å². The highest BCUT2D eigenvalue weighted by Gasteiger charge is 2.27. The maximum absolute atomic E-state index is 5.32. The molecule has 2 unspecified atom stereocenters. The Morgan fingerprint density at radius 2 is 2.15 bits per heavy atom. The van der Waals surface area contributed by atoms with Crippen LogP contribution in [0.1, 0.15) is 31.9 Å². The van der Waals surface area contributed by atoms with Gasteiger partial charge in [-0.15, -0.1) is 6.58 Å². The molecule has 1 aliphatic heterocycles. The number of hydrogen-bond donors (Lipinski definition) is 2. The molecule has 0 fully saturated rings. The number of hydrogen-bond acceptors (Lipinski definition) is 2. The van der Waals surface area contributed by atoms with Gasteiger partial charge in [-0.1, -0.05) is 44.2 Å². The van der Waals surface area contributed by atoms with E-state index >= 15 is 0 Å². The van der Waals surface area contributed by atoms with Crippen LogP contribution < -0.4 is 11.1 Å². The quantitative estimate of drug-likeness (QED) is 0.487. The molecule has 20 heavy (non-hydrogen) atoms. The van der Waals surface area contributed by atoms with Crippen LogP contribution in [-0.2, 0) is 6.42 Å². The fourth-order valence-electron chi connectivity index (χ4n) is 2.46. The van der Waals surface area contributed by atoms with E-state index in [2.05, 4.69) is 36.5 Å². The predicted molar refractivity (Wildman–Crippen MR) is 88.5 cm³/mol.